The maximum absolute atomic E-state index is 8.54. The maximum atomic E-state index is 8.54. The van der Waals surface area contributed by atoms with Gasteiger partial charge in [-0.1, -0.05) is 31.0 Å². The minimum absolute atomic E-state index is 0.586. The zero-order valence-electron chi connectivity index (χ0n) is 8.86. The smallest absolute Gasteiger partial charge is 0.208 e. The lowest BCUT2D eigenvalue weighted by Crippen LogP contribution is -2.36. The third kappa shape index (κ3) is 2.91. The zero-order chi connectivity index (χ0) is 10.4. The Morgan fingerprint density at radius 3 is 2.57 bits per heavy atom. The number of thioether (sulfide) groups is 1. The highest BCUT2D eigenvalue weighted by Crippen LogP contribution is 2.23. The Kier molecular flexibility index (Phi) is 4.81. The highest BCUT2D eigenvalue weighted by molar-refractivity contribution is 8.13. The van der Waals surface area contributed by atoms with Gasteiger partial charge in [0.05, 0.1) is 0 Å². The van der Waals surface area contributed by atoms with E-state index < -0.39 is 0 Å². The van der Waals surface area contributed by atoms with Crippen LogP contribution in [0.5, 0.6) is 0 Å². The van der Waals surface area contributed by atoms with Gasteiger partial charge in [-0.05, 0) is 19.1 Å². The monoisotopic (exact) mass is 211 g/mol. The van der Waals surface area contributed by atoms with Gasteiger partial charge in [0.15, 0.2) is 5.17 Å². The van der Waals surface area contributed by atoms with Crippen molar-refractivity contribution < 1.29 is 0 Å². The number of hydrogen-bond acceptors (Lipinski definition) is 3. The fraction of sp³-hybridized carbons (Fsp3) is 0.800. The predicted molar refractivity (Wildman–Crippen MR) is 61.2 cm³/mol. The molecule has 1 rings (SSSR count). The Balaban J connectivity index is 2.57. The van der Waals surface area contributed by atoms with Crippen molar-refractivity contribution >= 4 is 16.9 Å². The summed E-state index contributed by atoms with van der Waals surface area (Å²) in [5.74, 6) is 0. The molecule has 0 saturated heterocycles. The quantitative estimate of drug-likeness (QED) is 0.380. The van der Waals surface area contributed by atoms with Gasteiger partial charge in [0.1, 0.15) is 0 Å². The van der Waals surface area contributed by atoms with Crippen molar-refractivity contribution in [3.8, 4) is 6.19 Å². The molecular weight excluding hydrogens is 194 g/mol. The van der Waals surface area contributed by atoms with E-state index in [1.54, 1.807) is 11.8 Å². The molecule has 0 aromatic rings. The fourth-order valence-corrected chi connectivity index (χ4v) is 2.50. The maximum Gasteiger partial charge on any atom is 0.208 e. The molecular formula is C10H17N3S. The first-order valence-corrected chi connectivity index (χ1v) is 6.25. The Hall–Kier alpha value is -0.690. The highest BCUT2D eigenvalue weighted by Gasteiger charge is 2.20. The topological polar surface area (TPSA) is 39.4 Å². The van der Waals surface area contributed by atoms with E-state index in [1.165, 1.54) is 32.1 Å². The first-order valence-electron chi connectivity index (χ1n) is 5.03. The number of aliphatic imine (C=N–C) groups is 1. The lowest BCUT2D eigenvalue weighted by molar-refractivity contribution is 0.282. The molecule has 0 bridgehead atoms. The molecule has 0 radical (unpaired) electrons. The molecule has 78 valence electrons. The van der Waals surface area contributed by atoms with Crippen LogP contribution in [0.25, 0.3) is 0 Å². The van der Waals surface area contributed by atoms with Gasteiger partial charge in [0.2, 0.25) is 6.19 Å². The molecule has 0 amide bonds. The van der Waals surface area contributed by atoms with Gasteiger partial charge in [-0.2, -0.15) is 5.26 Å². The summed E-state index contributed by atoms with van der Waals surface area (Å²) in [6.07, 6.45) is 10.3. The van der Waals surface area contributed by atoms with Gasteiger partial charge in [0, 0.05) is 13.1 Å². The molecule has 0 spiro atoms. The second kappa shape index (κ2) is 5.92. The van der Waals surface area contributed by atoms with Crippen molar-refractivity contribution in [2.75, 3.05) is 13.3 Å². The van der Waals surface area contributed by atoms with Crippen molar-refractivity contribution in [1.29, 1.82) is 5.26 Å². The van der Waals surface area contributed by atoms with E-state index in [0.717, 1.165) is 5.17 Å². The number of amidine groups is 1. The van der Waals surface area contributed by atoms with Crippen molar-refractivity contribution in [2.45, 2.75) is 38.1 Å². The molecule has 0 heterocycles. The SMILES string of the molecule is CSC(=NC#N)N(C)C1CCCCC1. The second-order valence-corrected chi connectivity index (χ2v) is 4.37. The molecule has 1 aliphatic carbocycles. The van der Waals surface area contributed by atoms with Gasteiger partial charge in [-0.15, -0.1) is 4.99 Å². The van der Waals surface area contributed by atoms with Gasteiger partial charge in [0.25, 0.3) is 0 Å². The molecule has 1 saturated carbocycles. The molecule has 14 heavy (non-hydrogen) atoms. The molecule has 0 aromatic carbocycles. The number of hydrogen-bond donors (Lipinski definition) is 0. The van der Waals surface area contributed by atoms with Crippen molar-refractivity contribution in [2.24, 2.45) is 4.99 Å². The molecule has 0 aliphatic heterocycles. The number of nitriles is 1. The lowest BCUT2D eigenvalue weighted by atomic mass is 9.95. The Morgan fingerprint density at radius 2 is 2.07 bits per heavy atom. The first kappa shape index (κ1) is 11.4. The average molecular weight is 211 g/mol. The van der Waals surface area contributed by atoms with E-state index in [2.05, 4.69) is 9.89 Å². The Bertz CT molecular complexity index is 238. The van der Waals surface area contributed by atoms with E-state index >= 15 is 0 Å². The molecule has 0 unspecified atom stereocenters. The molecule has 0 aromatic heterocycles. The van der Waals surface area contributed by atoms with Crippen molar-refractivity contribution in [1.82, 2.24) is 4.90 Å². The molecule has 3 nitrogen and oxygen atoms in total. The number of rotatable bonds is 1. The summed E-state index contributed by atoms with van der Waals surface area (Å²) in [5.41, 5.74) is 0. The van der Waals surface area contributed by atoms with Crippen molar-refractivity contribution in [3.05, 3.63) is 0 Å². The van der Waals surface area contributed by atoms with Gasteiger partial charge in [-0.3, -0.25) is 0 Å². The van der Waals surface area contributed by atoms with Crippen LogP contribution in [0.15, 0.2) is 4.99 Å². The molecule has 1 fully saturated rings. The van der Waals surface area contributed by atoms with Crippen molar-refractivity contribution in [3.63, 3.8) is 0 Å². The summed E-state index contributed by atoms with van der Waals surface area (Å²) in [6, 6.07) is 0.586. The second-order valence-electron chi connectivity index (χ2n) is 3.60. The summed E-state index contributed by atoms with van der Waals surface area (Å²) in [5, 5.41) is 9.38. The van der Waals surface area contributed by atoms with Crippen LogP contribution < -0.4 is 0 Å². The largest absolute Gasteiger partial charge is 0.351 e. The summed E-state index contributed by atoms with van der Waals surface area (Å²) in [7, 11) is 2.04. The Morgan fingerprint density at radius 1 is 1.43 bits per heavy atom. The van der Waals surface area contributed by atoms with Crippen LogP contribution >= 0.6 is 11.8 Å². The minimum atomic E-state index is 0.586. The van der Waals surface area contributed by atoms with Gasteiger partial charge >= 0.3 is 0 Å². The summed E-state index contributed by atoms with van der Waals surface area (Å²) < 4.78 is 0. The van der Waals surface area contributed by atoms with Gasteiger partial charge < -0.3 is 4.90 Å². The fourth-order valence-electron chi connectivity index (χ4n) is 1.94. The summed E-state index contributed by atoms with van der Waals surface area (Å²) in [6.45, 7) is 0. The third-order valence-electron chi connectivity index (χ3n) is 2.75. The van der Waals surface area contributed by atoms with Crippen LogP contribution in [0.2, 0.25) is 0 Å². The van der Waals surface area contributed by atoms with Crippen LogP contribution in [0, 0.1) is 11.5 Å². The van der Waals surface area contributed by atoms with Crippen LogP contribution in [-0.4, -0.2) is 29.4 Å². The molecule has 0 N–H and O–H groups in total. The third-order valence-corrected chi connectivity index (χ3v) is 3.50. The molecule has 4 heteroatoms. The Labute approximate surface area is 90.2 Å². The van der Waals surface area contributed by atoms with E-state index in [4.69, 9.17) is 5.26 Å². The van der Waals surface area contributed by atoms with E-state index in [9.17, 15) is 0 Å². The normalized spacial score (nSPS) is 19.1. The lowest BCUT2D eigenvalue weighted by Gasteiger charge is -2.32. The van der Waals surface area contributed by atoms with Gasteiger partial charge in [-0.25, -0.2) is 0 Å². The van der Waals surface area contributed by atoms with Crippen LogP contribution in [0.1, 0.15) is 32.1 Å². The van der Waals surface area contributed by atoms with Crippen LogP contribution in [-0.2, 0) is 0 Å². The van der Waals surface area contributed by atoms with E-state index in [0.29, 0.717) is 6.04 Å². The highest BCUT2D eigenvalue weighted by atomic mass is 32.2. The number of nitrogens with zero attached hydrogens (tertiary/aromatic N) is 3. The standard InChI is InChI=1S/C10H17N3S/c1-13(10(14-2)12-8-11)9-6-4-3-5-7-9/h9H,3-7H2,1-2H3. The van der Waals surface area contributed by atoms with Crippen LogP contribution in [0.3, 0.4) is 0 Å². The predicted octanol–water partition coefficient (Wildman–Crippen LogP) is 2.45. The summed E-state index contributed by atoms with van der Waals surface area (Å²) in [4.78, 5) is 5.99. The van der Waals surface area contributed by atoms with E-state index in [1.807, 2.05) is 19.5 Å². The van der Waals surface area contributed by atoms with Crippen LogP contribution in [0.4, 0.5) is 0 Å². The average Bonchev–Trinajstić information content (AvgIpc) is 2.26. The zero-order valence-corrected chi connectivity index (χ0v) is 9.68. The first-order chi connectivity index (χ1) is 6.79. The molecule has 1 aliphatic rings. The minimum Gasteiger partial charge on any atom is -0.351 e. The van der Waals surface area contributed by atoms with E-state index in [-0.39, 0.29) is 0 Å². The summed E-state index contributed by atoms with van der Waals surface area (Å²) >= 11 is 1.55. The molecule has 0 atom stereocenters.